The van der Waals surface area contributed by atoms with E-state index in [1.165, 1.54) is 0 Å². The van der Waals surface area contributed by atoms with Gasteiger partial charge in [-0.15, -0.1) is 0 Å². The predicted molar refractivity (Wildman–Crippen MR) is 67.4 cm³/mol. The molecule has 0 saturated heterocycles. The van der Waals surface area contributed by atoms with Crippen molar-refractivity contribution in [1.29, 1.82) is 0 Å². The van der Waals surface area contributed by atoms with Gasteiger partial charge in [-0.05, 0) is 24.5 Å². The third-order valence-electron chi connectivity index (χ3n) is 2.04. The average Bonchev–Trinajstić information content (AvgIpc) is 2.16. The van der Waals surface area contributed by atoms with Crippen LogP contribution in [0.4, 0.5) is 0 Å². The van der Waals surface area contributed by atoms with Crippen molar-refractivity contribution in [2.24, 2.45) is 11.7 Å². The fourth-order valence-corrected chi connectivity index (χ4v) is 1.29. The molecule has 1 aromatic rings. The Hall–Kier alpha value is -1.09. The first-order valence-corrected chi connectivity index (χ1v) is 5.44. The van der Waals surface area contributed by atoms with Gasteiger partial charge in [0.05, 0.1) is 6.61 Å². The first-order valence-electron chi connectivity index (χ1n) is 5.04. The summed E-state index contributed by atoms with van der Waals surface area (Å²) in [4.78, 5) is 0.407. The van der Waals surface area contributed by atoms with E-state index in [0.717, 1.165) is 16.9 Å². The van der Waals surface area contributed by atoms with Crippen molar-refractivity contribution in [3.63, 3.8) is 0 Å². The largest absolute Gasteiger partial charge is 0.493 e. The first kappa shape index (κ1) is 12.0. The van der Waals surface area contributed by atoms with Crippen LogP contribution in [0.3, 0.4) is 0 Å². The van der Waals surface area contributed by atoms with Crippen molar-refractivity contribution in [2.75, 3.05) is 6.61 Å². The molecule has 0 heterocycles. The van der Waals surface area contributed by atoms with Crippen molar-refractivity contribution in [1.82, 2.24) is 0 Å². The van der Waals surface area contributed by atoms with E-state index in [9.17, 15) is 0 Å². The topological polar surface area (TPSA) is 35.2 Å². The van der Waals surface area contributed by atoms with E-state index in [0.29, 0.717) is 17.5 Å². The molecule has 0 amide bonds. The SMILES string of the molecule is Cc1ccc(C(N)=S)cc1OCC(C)C. The molecule has 0 bridgehead atoms. The van der Waals surface area contributed by atoms with E-state index in [1.54, 1.807) is 0 Å². The van der Waals surface area contributed by atoms with Crippen molar-refractivity contribution in [3.8, 4) is 5.75 Å². The lowest BCUT2D eigenvalue weighted by Crippen LogP contribution is -2.11. The molecule has 0 saturated carbocycles. The third kappa shape index (κ3) is 3.51. The Labute approximate surface area is 96.4 Å². The van der Waals surface area contributed by atoms with Gasteiger partial charge in [0.25, 0.3) is 0 Å². The van der Waals surface area contributed by atoms with E-state index < -0.39 is 0 Å². The van der Waals surface area contributed by atoms with Gasteiger partial charge >= 0.3 is 0 Å². The molecule has 3 heteroatoms. The van der Waals surface area contributed by atoms with Crippen LogP contribution in [-0.4, -0.2) is 11.6 Å². The molecule has 0 aromatic heterocycles. The lowest BCUT2D eigenvalue weighted by atomic mass is 10.1. The molecular formula is C12H17NOS. The van der Waals surface area contributed by atoms with Crippen LogP contribution in [0.5, 0.6) is 5.75 Å². The van der Waals surface area contributed by atoms with Gasteiger partial charge in [0.1, 0.15) is 10.7 Å². The van der Waals surface area contributed by atoms with Gasteiger partial charge in [0.15, 0.2) is 0 Å². The van der Waals surface area contributed by atoms with Crippen LogP contribution in [0.15, 0.2) is 18.2 Å². The van der Waals surface area contributed by atoms with Gasteiger partial charge in [-0.2, -0.15) is 0 Å². The monoisotopic (exact) mass is 223 g/mol. The average molecular weight is 223 g/mol. The summed E-state index contributed by atoms with van der Waals surface area (Å²) in [6.07, 6.45) is 0. The second-order valence-electron chi connectivity index (χ2n) is 4.05. The van der Waals surface area contributed by atoms with E-state index in [2.05, 4.69) is 13.8 Å². The van der Waals surface area contributed by atoms with E-state index in [-0.39, 0.29) is 0 Å². The van der Waals surface area contributed by atoms with Crippen LogP contribution < -0.4 is 10.5 Å². The first-order chi connectivity index (χ1) is 7.00. The van der Waals surface area contributed by atoms with Gasteiger partial charge in [0, 0.05) is 5.56 Å². The van der Waals surface area contributed by atoms with Gasteiger partial charge in [-0.3, -0.25) is 0 Å². The highest BCUT2D eigenvalue weighted by atomic mass is 32.1. The summed E-state index contributed by atoms with van der Waals surface area (Å²) in [7, 11) is 0. The molecule has 0 aliphatic heterocycles. The number of hydrogen-bond acceptors (Lipinski definition) is 2. The van der Waals surface area contributed by atoms with Crippen LogP contribution in [0.2, 0.25) is 0 Å². The second-order valence-corrected chi connectivity index (χ2v) is 4.49. The summed E-state index contributed by atoms with van der Waals surface area (Å²) in [5, 5.41) is 0. The van der Waals surface area contributed by atoms with Gasteiger partial charge in [-0.25, -0.2) is 0 Å². The van der Waals surface area contributed by atoms with Crippen molar-refractivity contribution >= 4 is 17.2 Å². The van der Waals surface area contributed by atoms with Crippen molar-refractivity contribution in [3.05, 3.63) is 29.3 Å². The highest BCUT2D eigenvalue weighted by Crippen LogP contribution is 2.20. The van der Waals surface area contributed by atoms with Crippen molar-refractivity contribution < 1.29 is 4.74 Å². The Morgan fingerprint density at radius 1 is 1.47 bits per heavy atom. The maximum Gasteiger partial charge on any atom is 0.122 e. The van der Waals surface area contributed by atoms with Crippen LogP contribution in [0, 0.1) is 12.8 Å². The zero-order chi connectivity index (χ0) is 11.4. The molecule has 1 aromatic carbocycles. The molecule has 0 atom stereocenters. The molecule has 2 nitrogen and oxygen atoms in total. The summed E-state index contributed by atoms with van der Waals surface area (Å²) in [5.74, 6) is 1.38. The Kier molecular flexibility index (Phi) is 4.09. The maximum absolute atomic E-state index is 5.67. The fourth-order valence-electron chi connectivity index (χ4n) is 1.17. The summed E-state index contributed by atoms with van der Waals surface area (Å²) >= 11 is 4.92. The quantitative estimate of drug-likeness (QED) is 0.797. The minimum atomic E-state index is 0.407. The number of thiocarbonyl (C=S) groups is 1. The third-order valence-corrected chi connectivity index (χ3v) is 2.28. The normalized spacial score (nSPS) is 10.4. The van der Waals surface area contributed by atoms with Gasteiger partial charge in [0.2, 0.25) is 0 Å². The van der Waals surface area contributed by atoms with Crippen LogP contribution in [0.1, 0.15) is 25.0 Å². The smallest absolute Gasteiger partial charge is 0.122 e. The maximum atomic E-state index is 5.67. The Morgan fingerprint density at radius 2 is 2.13 bits per heavy atom. The summed E-state index contributed by atoms with van der Waals surface area (Å²) in [5.41, 5.74) is 7.53. The molecule has 15 heavy (non-hydrogen) atoms. The summed E-state index contributed by atoms with van der Waals surface area (Å²) < 4.78 is 5.67. The Bertz CT molecular complexity index is 361. The molecule has 0 radical (unpaired) electrons. The van der Waals surface area contributed by atoms with E-state index in [4.69, 9.17) is 22.7 Å². The highest BCUT2D eigenvalue weighted by molar-refractivity contribution is 7.80. The Morgan fingerprint density at radius 3 is 2.67 bits per heavy atom. The second kappa shape index (κ2) is 5.12. The van der Waals surface area contributed by atoms with Crippen LogP contribution >= 0.6 is 12.2 Å². The number of hydrogen-bond donors (Lipinski definition) is 1. The van der Waals surface area contributed by atoms with Crippen LogP contribution in [0.25, 0.3) is 0 Å². The summed E-state index contributed by atoms with van der Waals surface area (Å²) in [6, 6.07) is 5.80. The molecule has 0 aliphatic carbocycles. The molecule has 82 valence electrons. The van der Waals surface area contributed by atoms with E-state index >= 15 is 0 Å². The minimum absolute atomic E-state index is 0.407. The van der Waals surface area contributed by atoms with Crippen LogP contribution in [-0.2, 0) is 0 Å². The van der Waals surface area contributed by atoms with E-state index in [1.807, 2.05) is 25.1 Å². The predicted octanol–water partition coefficient (Wildman–Crippen LogP) is 2.66. The standard InChI is InChI=1S/C12H17NOS/c1-8(2)7-14-11-6-10(12(13)15)5-4-9(11)3/h4-6,8H,7H2,1-3H3,(H2,13,15). The summed E-state index contributed by atoms with van der Waals surface area (Å²) in [6.45, 7) is 6.96. The number of rotatable bonds is 4. The molecular weight excluding hydrogens is 206 g/mol. The number of ether oxygens (including phenoxy) is 1. The molecule has 1 rings (SSSR count). The minimum Gasteiger partial charge on any atom is -0.493 e. The van der Waals surface area contributed by atoms with Gasteiger partial charge in [-0.1, -0.05) is 38.2 Å². The fraction of sp³-hybridized carbons (Fsp3) is 0.417. The molecule has 0 fully saturated rings. The molecule has 0 aliphatic rings. The number of aryl methyl sites for hydroxylation is 1. The van der Waals surface area contributed by atoms with Crippen molar-refractivity contribution in [2.45, 2.75) is 20.8 Å². The highest BCUT2D eigenvalue weighted by Gasteiger charge is 2.04. The number of nitrogens with two attached hydrogens (primary N) is 1. The lowest BCUT2D eigenvalue weighted by molar-refractivity contribution is 0.269. The molecule has 0 unspecified atom stereocenters. The number of benzene rings is 1. The Balaban J connectivity index is 2.85. The molecule has 2 N–H and O–H groups in total. The van der Waals surface area contributed by atoms with Gasteiger partial charge < -0.3 is 10.5 Å². The molecule has 0 spiro atoms. The lowest BCUT2D eigenvalue weighted by Gasteiger charge is -2.12. The zero-order valence-electron chi connectivity index (χ0n) is 9.41. The zero-order valence-corrected chi connectivity index (χ0v) is 10.2.